The highest BCUT2D eigenvalue weighted by atomic mass is 32.3. The number of nitrogens with zero attached hydrogens (tertiary/aromatic N) is 7. The van der Waals surface area contributed by atoms with Crippen LogP contribution >= 0.6 is 21.7 Å². The Morgan fingerprint density at radius 3 is 1.45 bits per heavy atom. The van der Waals surface area contributed by atoms with Crippen molar-refractivity contribution in [3.8, 4) is 5.75 Å². The Kier molecular flexibility index (Phi) is 35.9. The predicted octanol–water partition coefficient (Wildman–Crippen LogP) is 6.11. The molecule has 37 nitrogen and oxygen atoms in total. The van der Waals surface area contributed by atoms with Gasteiger partial charge in [0.2, 0.25) is 45.0 Å². The van der Waals surface area contributed by atoms with Gasteiger partial charge in [0.15, 0.2) is 0 Å². The lowest BCUT2D eigenvalue weighted by Crippen LogP contribution is -2.58. The van der Waals surface area contributed by atoms with E-state index in [1.54, 1.807) is 107 Å². The van der Waals surface area contributed by atoms with Gasteiger partial charge in [0, 0.05) is 116 Å². The van der Waals surface area contributed by atoms with E-state index in [4.69, 9.17) is 28.7 Å². The van der Waals surface area contributed by atoms with Gasteiger partial charge in [-0.2, -0.15) is 4.72 Å². The molecule has 1 aliphatic heterocycles. The molecule has 1 aliphatic rings. The van der Waals surface area contributed by atoms with Gasteiger partial charge in [-0.15, -0.1) is 0 Å². The van der Waals surface area contributed by atoms with Gasteiger partial charge in [-0.05, 0) is 140 Å². The summed E-state index contributed by atoms with van der Waals surface area (Å²) in [6.45, 7) is 17.6. The van der Waals surface area contributed by atoms with Crippen molar-refractivity contribution >= 4 is 102 Å². The zero-order valence-electron chi connectivity index (χ0n) is 73.3. The molecule has 0 radical (unpaired) electrons. The van der Waals surface area contributed by atoms with Crippen molar-refractivity contribution in [3.63, 3.8) is 0 Å². The predicted molar refractivity (Wildman–Crippen MR) is 476 cm³/mol. The average Bonchev–Trinajstić information content (AvgIpc) is 1.32. The fourth-order valence-corrected chi connectivity index (χ4v) is 17.3. The molecule has 7 aromatic rings. The Morgan fingerprint density at radius 1 is 0.548 bits per heavy atom. The number of fused-ring (bicyclic) bond motifs is 1. The second kappa shape index (κ2) is 44.8. The van der Waals surface area contributed by atoms with Gasteiger partial charge in [-0.25, -0.2) is 13.4 Å². The SMILES string of the molecule is COC(=O)[C@H](CNC(=O)c1cn(C)c2cc(CNc3nccn3C(c3ccccc3)(c3ccccc3)c3ccccc3)ccc2c1=O)NS(=O)(=O)c1c(C)cc(OCCCC(=O)NCCNC(=O)[C@H](CS(O)(O)O)NC(=O)[C@H](CS(O)(O)O)NC(=O)CN2CCN(CC(=O)OC(C)(C)C)CCN(CC(=O)OC(C)(C)C)CCN(CC(=O)OC(C)(C)C)CC2)cc1C. The maximum absolute atomic E-state index is 14.2. The first kappa shape index (κ1) is 101. The number of hydrogen-bond donors (Lipinski definition) is 13. The Hall–Kier alpha value is -10.4. The van der Waals surface area contributed by atoms with Crippen LogP contribution in [0.1, 0.15) is 119 Å². The van der Waals surface area contributed by atoms with Crippen molar-refractivity contribution in [2.75, 3.05) is 129 Å². The van der Waals surface area contributed by atoms with E-state index in [1.165, 1.54) is 32.2 Å². The van der Waals surface area contributed by atoms with Crippen molar-refractivity contribution < 1.29 is 103 Å². The van der Waals surface area contributed by atoms with E-state index >= 15 is 0 Å². The Bertz CT molecular complexity index is 4930. The second-order valence-corrected chi connectivity index (χ2v) is 38.5. The number of esters is 4. The number of methoxy groups -OCH3 is 1. The summed E-state index contributed by atoms with van der Waals surface area (Å²) in [7, 11) is -11.0. The number of sulfonamides is 1. The monoisotopic (exact) mass is 1810 g/mol. The molecular formula is C86H120N14O23S3. The van der Waals surface area contributed by atoms with Gasteiger partial charge < -0.3 is 87.5 Å². The first-order valence-corrected chi connectivity index (χ1v) is 45.8. The molecule has 0 aliphatic carbocycles. The van der Waals surface area contributed by atoms with E-state index in [2.05, 4.69) is 77.6 Å². The maximum Gasteiger partial charge on any atom is 0.325 e. The van der Waals surface area contributed by atoms with Crippen LogP contribution in [-0.2, 0) is 86.5 Å². The first-order chi connectivity index (χ1) is 59.1. The summed E-state index contributed by atoms with van der Waals surface area (Å²) >= 11 is 0. The summed E-state index contributed by atoms with van der Waals surface area (Å²) in [6.07, 6.45) is 5.01. The molecule has 0 bridgehead atoms. The van der Waals surface area contributed by atoms with Crippen LogP contribution in [-0.4, -0.2) is 281 Å². The van der Waals surface area contributed by atoms with Gasteiger partial charge in [0.1, 0.15) is 51.8 Å². The van der Waals surface area contributed by atoms with Gasteiger partial charge >= 0.3 is 23.9 Å². The number of pyridine rings is 1. The van der Waals surface area contributed by atoms with Crippen LogP contribution in [0, 0.1) is 13.8 Å². The second-order valence-electron chi connectivity index (χ2n) is 33.6. The number of hydrogen-bond acceptors (Lipinski definition) is 29. The van der Waals surface area contributed by atoms with Crippen LogP contribution in [0.25, 0.3) is 10.9 Å². The first-order valence-electron chi connectivity index (χ1n) is 40.9. The number of nitrogens with one attached hydrogen (secondary N) is 7. The van der Waals surface area contributed by atoms with Gasteiger partial charge in [-0.3, -0.25) is 72.1 Å². The minimum Gasteiger partial charge on any atom is -0.494 e. The highest BCUT2D eigenvalue weighted by Gasteiger charge is 2.41. The fourth-order valence-electron chi connectivity index (χ4n) is 14.3. The van der Waals surface area contributed by atoms with Crippen molar-refractivity contribution in [1.82, 2.24) is 65.0 Å². The number of aryl methyl sites for hydroxylation is 3. The largest absolute Gasteiger partial charge is 0.494 e. The normalized spacial score (nSPS) is 15.1. The number of anilines is 1. The molecule has 2 aromatic heterocycles. The van der Waals surface area contributed by atoms with Crippen LogP contribution in [0.5, 0.6) is 5.75 Å². The van der Waals surface area contributed by atoms with Gasteiger partial charge in [0.25, 0.3) is 5.91 Å². The topological polar surface area (TPSA) is 492 Å². The lowest BCUT2D eigenvalue weighted by Gasteiger charge is -2.38. The number of aromatic nitrogens is 3. The van der Waals surface area contributed by atoms with E-state index in [0.29, 0.717) is 11.5 Å². The molecule has 3 heterocycles. The van der Waals surface area contributed by atoms with Crippen LogP contribution in [0.4, 0.5) is 5.95 Å². The highest BCUT2D eigenvalue weighted by Crippen LogP contribution is 2.43. The fraction of sp³-hybridized carbons (Fsp3) is 0.477. The Labute approximate surface area is 737 Å². The summed E-state index contributed by atoms with van der Waals surface area (Å²) in [5.74, 6) is -9.18. The zero-order chi connectivity index (χ0) is 92.7. The van der Waals surface area contributed by atoms with Gasteiger partial charge in [-0.1, -0.05) is 97.1 Å². The van der Waals surface area contributed by atoms with Crippen molar-refractivity contribution in [2.24, 2.45) is 7.05 Å². The zero-order valence-corrected chi connectivity index (χ0v) is 75.8. The highest BCUT2D eigenvalue weighted by molar-refractivity contribution is 8.19. The lowest BCUT2D eigenvalue weighted by molar-refractivity contribution is -0.158. The van der Waals surface area contributed by atoms with Crippen molar-refractivity contribution in [1.29, 1.82) is 0 Å². The number of ether oxygens (including phenoxy) is 5. The van der Waals surface area contributed by atoms with Crippen LogP contribution in [0.3, 0.4) is 0 Å². The third kappa shape index (κ3) is 31.3. The smallest absolute Gasteiger partial charge is 0.325 e. The van der Waals surface area contributed by atoms with E-state index in [1.807, 2.05) is 71.8 Å². The summed E-state index contributed by atoms with van der Waals surface area (Å²) < 4.78 is 123. The van der Waals surface area contributed by atoms with E-state index in [-0.39, 0.29) is 144 Å². The lowest BCUT2D eigenvalue weighted by atomic mass is 9.76. The molecule has 5 aromatic carbocycles. The minimum absolute atomic E-state index is 0.0537. The van der Waals surface area contributed by atoms with Gasteiger partial charge in [0.05, 0.1) is 83.6 Å². The average molecular weight is 1810 g/mol. The molecule has 0 saturated carbocycles. The maximum atomic E-state index is 14.2. The third-order valence-electron chi connectivity index (χ3n) is 19.7. The molecule has 0 unspecified atom stereocenters. The van der Waals surface area contributed by atoms with Crippen LogP contribution < -0.4 is 46.8 Å². The standard InChI is InChI=1S/C86H120N14O23S3/c1-58-46-64(47-59(2)77(58)126(117,118)94-67(81(110)119-13)50-90-78(107)66-51-95(12)70-48-60(31-32-65(70)76(66)106)49-91-82-89-35-36-100(82)86(61-24-17-14-18-25-61,62-26-19-15-20-27-62)63-28-21-16-22-29-63)120-45-23-30-71(101)87-33-34-88-79(108)68(56-124(111,112)113)93-80(109)69(57-125(114,115)116)92-72(102)52-96-37-39-97(53-73(103)121-83(3,4)5)41-43-99(55-75(105)123-85(9,10)11)44-42-98(40-38-96)54-74(104)122-84(6,7)8/h14-22,24-29,31-32,35-36,46-48,51,67-69,94,111-116H,23,30,33-34,37-45,49-50,52-57H2,1-13H3,(H,87,101)(H,88,108)(H,89,91)(H,90,107)(H,92,102)(H,93,109)/t67-,68-,69-/m0/s1. The van der Waals surface area contributed by atoms with E-state index in [9.17, 15) is 83.7 Å². The van der Waals surface area contributed by atoms with Crippen molar-refractivity contribution in [3.05, 3.63) is 189 Å². The number of rotatable bonds is 38. The molecule has 0 spiro atoms. The summed E-state index contributed by atoms with van der Waals surface area (Å²) in [4.78, 5) is 147. The number of amides is 5. The molecular weight excluding hydrogens is 1690 g/mol. The summed E-state index contributed by atoms with van der Waals surface area (Å²) in [5, 5.41) is 15.7. The quantitative estimate of drug-likeness (QED) is 0.00898. The molecule has 40 heteroatoms. The van der Waals surface area contributed by atoms with E-state index in [0.717, 1.165) is 29.4 Å². The molecule has 3 atom stereocenters. The summed E-state index contributed by atoms with van der Waals surface area (Å²) in [6, 6.07) is 32.8. The third-order valence-corrected chi connectivity index (χ3v) is 23.1. The molecule has 1 saturated heterocycles. The van der Waals surface area contributed by atoms with Crippen molar-refractivity contribution in [2.45, 2.75) is 141 Å². The summed E-state index contributed by atoms with van der Waals surface area (Å²) in [5.41, 5.74) is 0.468. The van der Waals surface area contributed by atoms with E-state index < -0.39 is 156 Å². The van der Waals surface area contributed by atoms with Crippen LogP contribution in [0.15, 0.2) is 150 Å². The molecule has 690 valence electrons. The molecule has 13 N–H and O–H groups in total. The number of carbonyl (C=O) groups excluding carboxylic acids is 9. The minimum atomic E-state index is -4.61. The molecule has 126 heavy (non-hydrogen) atoms. The van der Waals surface area contributed by atoms with Crippen LogP contribution in [0.2, 0.25) is 0 Å². The number of benzene rings is 5. The molecule has 1 fully saturated rings. The Morgan fingerprint density at radius 2 is 1.00 bits per heavy atom. The Balaban J connectivity index is 0.829. The number of carbonyl (C=O) groups is 9. The number of imidazole rings is 1. The molecule has 8 rings (SSSR count). The molecule has 5 amide bonds.